The second-order valence-electron chi connectivity index (χ2n) is 4.01. The average molecular weight is 203 g/mol. The van der Waals surface area contributed by atoms with Gasteiger partial charge < -0.3 is 5.32 Å². The lowest BCUT2D eigenvalue weighted by Crippen LogP contribution is -2.42. The van der Waals surface area contributed by atoms with Crippen LogP contribution in [0.4, 0.5) is 0 Å². The second-order valence-corrected chi connectivity index (χ2v) is 4.01. The summed E-state index contributed by atoms with van der Waals surface area (Å²) >= 11 is 0. The van der Waals surface area contributed by atoms with Gasteiger partial charge in [-0.15, -0.1) is 0 Å². The Morgan fingerprint density at radius 1 is 1.20 bits per heavy atom. The molecule has 1 fully saturated rings. The predicted molar refractivity (Wildman–Crippen MR) is 63.7 cm³/mol. The van der Waals surface area contributed by atoms with Crippen molar-refractivity contribution in [2.24, 2.45) is 0 Å². The van der Waals surface area contributed by atoms with Gasteiger partial charge in [0, 0.05) is 26.2 Å². The van der Waals surface area contributed by atoms with Crippen LogP contribution < -0.4 is 5.32 Å². The maximum Gasteiger partial charge on any atom is 0.0546 e. The van der Waals surface area contributed by atoms with Crippen LogP contribution in [-0.2, 0) is 6.42 Å². The van der Waals surface area contributed by atoms with Gasteiger partial charge in [0.1, 0.15) is 0 Å². The Morgan fingerprint density at radius 2 is 1.87 bits per heavy atom. The summed E-state index contributed by atoms with van der Waals surface area (Å²) < 4.78 is 0. The number of hydrogen-bond donors (Lipinski definition) is 1. The fourth-order valence-corrected chi connectivity index (χ4v) is 1.86. The van der Waals surface area contributed by atoms with E-state index in [1.807, 2.05) is 0 Å². The van der Waals surface area contributed by atoms with Crippen molar-refractivity contribution < 1.29 is 0 Å². The molecule has 0 bridgehead atoms. The Balaban J connectivity index is 1.91. The second kappa shape index (κ2) is 5.29. The number of hydrogen-bond acceptors (Lipinski definition) is 2. The van der Waals surface area contributed by atoms with E-state index in [-0.39, 0.29) is 0 Å². The quantitative estimate of drug-likeness (QED) is 0.804. The zero-order valence-electron chi connectivity index (χ0n) is 9.37. The van der Waals surface area contributed by atoms with E-state index in [9.17, 15) is 0 Å². The molecule has 0 aromatic heterocycles. The van der Waals surface area contributed by atoms with Crippen molar-refractivity contribution in [2.45, 2.75) is 13.3 Å². The molecule has 1 aliphatic rings. The molecule has 15 heavy (non-hydrogen) atoms. The van der Waals surface area contributed by atoms with Crippen molar-refractivity contribution in [1.82, 2.24) is 10.2 Å². The summed E-state index contributed by atoms with van der Waals surface area (Å²) in [5, 5.41) is 3.36. The fourth-order valence-electron chi connectivity index (χ4n) is 1.86. The Hall–Kier alpha value is -0.860. The molecule has 1 aromatic carbocycles. The van der Waals surface area contributed by atoms with E-state index in [4.69, 9.17) is 0 Å². The van der Waals surface area contributed by atoms with Crippen LogP contribution in [0.3, 0.4) is 0 Å². The third kappa shape index (κ3) is 3.05. The van der Waals surface area contributed by atoms with Gasteiger partial charge in [0.25, 0.3) is 0 Å². The summed E-state index contributed by atoms with van der Waals surface area (Å²) in [6, 6.07) is 8.85. The molecule has 81 valence electrons. The fraction of sp³-hybridized carbons (Fsp3) is 0.462. The predicted octanol–water partition coefficient (Wildman–Crippen LogP) is 1.66. The van der Waals surface area contributed by atoms with Gasteiger partial charge in [-0.05, 0) is 17.5 Å². The lowest BCUT2D eigenvalue weighted by atomic mass is 10.1. The summed E-state index contributed by atoms with van der Waals surface area (Å²) in [6.45, 7) is 8.90. The smallest absolute Gasteiger partial charge is 0.0546 e. The molecule has 0 atom stereocenters. The Labute approximate surface area is 92.3 Å². The third-order valence-corrected chi connectivity index (χ3v) is 2.87. The lowest BCUT2D eigenvalue weighted by molar-refractivity contribution is 0.299. The number of benzene rings is 1. The molecular weight excluding hydrogens is 184 g/mol. The molecule has 1 aromatic rings. The van der Waals surface area contributed by atoms with Gasteiger partial charge in [-0.2, -0.15) is 0 Å². The summed E-state index contributed by atoms with van der Waals surface area (Å²) in [5.41, 5.74) is 2.72. The molecule has 0 spiro atoms. The molecule has 1 heterocycles. The van der Waals surface area contributed by atoms with Crippen molar-refractivity contribution in [3.05, 3.63) is 41.9 Å². The third-order valence-electron chi connectivity index (χ3n) is 2.87. The van der Waals surface area contributed by atoms with Gasteiger partial charge in [-0.3, -0.25) is 4.90 Å². The van der Waals surface area contributed by atoms with Crippen LogP contribution in [-0.4, -0.2) is 31.1 Å². The minimum absolute atomic E-state index is 1.10. The summed E-state index contributed by atoms with van der Waals surface area (Å²) in [4.78, 5) is 2.39. The number of aryl methyl sites for hydroxylation is 1. The first-order valence-electron chi connectivity index (χ1n) is 5.77. The minimum atomic E-state index is 1.10. The minimum Gasteiger partial charge on any atom is -0.314 e. The van der Waals surface area contributed by atoms with E-state index in [0.717, 1.165) is 32.6 Å². The van der Waals surface area contributed by atoms with E-state index >= 15 is 0 Å². The van der Waals surface area contributed by atoms with Crippen LogP contribution in [0.2, 0.25) is 0 Å². The van der Waals surface area contributed by atoms with Crippen molar-refractivity contribution in [3.63, 3.8) is 0 Å². The summed E-state index contributed by atoms with van der Waals surface area (Å²) in [6.07, 6.45) is 1.12. The highest BCUT2D eigenvalue weighted by atomic mass is 15.2. The lowest BCUT2D eigenvalue weighted by Gasteiger charge is -2.26. The van der Waals surface area contributed by atoms with E-state index in [1.165, 1.54) is 11.1 Å². The topological polar surface area (TPSA) is 15.3 Å². The van der Waals surface area contributed by atoms with Gasteiger partial charge in [-0.1, -0.05) is 31.2 Å². The molecule has 0 aliphatic carbocycles. The first-order valence-corrected chi connectivity index (χ1v) is 5.77. The van der Waals surface area contributed by atoms with Crippen molar-refractivity contribution in [1.29, 1.82) is 0 Å². The molecule has 0 saturated carbocycles. The van der Waals surface area contributed by atoms with Crippen molar-refractivity contribution in [2.75, 3.05) is 26.2 Å². The first-order chi connectivity index (χ1) is 7.38. The van der Waals surface area contributed by atoms with Gasteiger partial charge in [0.15, 0.2) is 0 Å². The van der Waals surface area contributed by atoms with Gasteiger partial charge in [-0.25, -0.2) is 0 Å². The molecule has 1 saturated heterocycles. The van der Waals surface area contributed by atoms with Crippen LogP contribution in [0, 0.1) is 6.54 Å². The zero-order valence-corrected chi connectivity index (χ0v) is 9.37. The van der Waals surface area contributed by atoms with Gasteiger partial charge in [0.05, 0.1) is 6.54 Å². The van der Waals surface area contributed by atoms with E-state index in [0.29, 0.717) is 0 Å². The number of piperazine rings is 1. The number of nitrogens with one attached hydrogen (secondary N) is 1. The number of nitrogens with zero attached hydrogens (tertiary/aromatic N) is 1. The molecule has 1 N–H and O–H groups in total. The number of rotatable bonds is 3. The Morgan fingerprint density at radius 3 is 2.47 bits per heavy atom. The average Bonchev–Trinajstić information content (AvgIpc) is 2.31. The van der Waals surface area contributed by atoms with Gasteiger partial charge >= 0.3 is 0 Å². The zero-order chi connectivity index (χ0) is 10.5. The molecule has 1 aliphatic heterocycles. The summed E-state index contributed by atoms with van der Waals surface area (Å²) in [5.74, 6) is 0. The standard InChI is InChI=1S/C13H19N2/c1-2-12-3-5-13(6-4-12)11-15-9-7-14-8-10-15/h3-6,11,14H,2,7-10H2,1H3. The van der Waals surface area contributed by atoms with E-state index in [1.54, 1.807) is 0 Å². The van der Waals surface area contributed by atoms with E-state index in [2.05, 4.69) is 48.0 Å². The van der Waals surface area contributed by atoms with Crippen molar-refractivity contribution >= 4 is 0 Å². The molecule has 2 nitrogen and oxygen atoms in total. The maximum absolute atomic E-state index is 3.36. The maximum atomic E-state index is 3.36. The molecule has 2 rings (SSSR count). The van der Waals surface area contributed by atoms with Crippen LogP contribution >= 0.6 is 0 Å². The van der Waals surface area contributed by atoms with Crippen LogP contribution in [0.15, 0.2) is 24.3 Å². The summed E-state index contributed by atoms with van der Waals surface area (Å²) in [7, 11) is 0. The van der Waals surface area contributed by atoms with Crippen LogP contribution in [0.1, 0.15) is 18.1 Å². The first kappa shape index (κ1) is 10.7. The molecular formula is C13H19N2. The SMILES string of the molecule is CCc1ccc([CH]N2CCNCC2)cc1. The largest absolute Gasteiger partial charge is 0.314 e. The Bertz CT molecular complexity index is 286. The van der Waals surface area contributed by atoms with Crippen LogP contribution in [0.5, 0.6) is 0 Å². The molecule has 1 radical (unpaired) electrons. The van der Waals surface area contributed by atoms with Gasteiger partial charge in [0.2, 0.25) is 0 Å². The molecule has 2 heteroatoms. The monoisotopic (exact) mass is 203 g/mol. The highest BCUT2D eigenvalue weighted by molar-refractivity contribution is 5.27. The highest BCUT2D eigenvalue weighted by Gasteiger charge is 2.09. The molecule has 0 amide bonds. The van der Waals surface area contributed by atoms with E-state index < -0.39 is 0 Å². The normalized spacial score (nSPS) is 17.9. The highest BCUT2D eigenvalue weighted by Crippen LogP contribution is 2.10. The Kier molecular flexibility index (Phi) is 3.75. The molecule has 0 unspecified atom stereocenters. The van der Waals surface area contributed by atoms with Crippen molar-refractivity contribution in [3.8, 4) is 0 Å². The van der Waals surface area contributed by atoms with Crippen LogP contribution in [0.25, 0.3) is 0 Å².